The van der Waals surface area contributed by atoms with Gasteiger partial charge in [-0.2, -0.15) is 4.98 Å². The molecule has 1 heterocycles. The van der Waals surface area contributed by atoms with Gasteiger partial charge in [-0.25, -0.2) is 17.2 Å². The van der Waals surface area contributed by atoms with Crippen molar-refractivity contribution in [1.82, 2.24) is 10.1 Å². The molecule has 0 amide bonds. The van der Waals surface area contributed by atoms with E-state index in [0.29, 0.717) is 16.7 Å². The molecular weight excluding hydrogens is 362 g/mol. The Morgan fingerprint density at radius 3 is 2.62 bits per heavy atom. The maximum absolute atomic E-state index is 13.7. The molecule has 8 heteroatoms. The van der Waals surface area contributed by atoms with Gasteiger partial charge in [0.05, 0.1) is 5.75 Å². The summed E-state index contributed by atoms with van der Waals surface area (Å²) in [6.07, 6.45) is 0. The molecular formula is C18H16F2N2O3S. The molecule has 2 aromatic carbocycles. The number of sulfone groups is 1. The van der Waals surface area contributed by atoms with Crippen molar-refractivity contribution in [2.24, 2.45) is 0 Å². The van der Waals surface area contributed by atoms with Crippen molar-refractivity contribution in [3.63, 3.8) is 0 Å². The molecule has 0 spiro atoms. The minimum absolute atomic E-state index is 0.0996. The Bertz CT molecular complexity index is 1050. The molecule has 5 nitrogen and oxygen atoms in total. The molecule has 1 atom stereocenters. The number of benzene rings is 2. The third-order valence-electron chi connectivity index (χ3n) is 4.02. The van der Waals surface area contributed by atoms with Gasteiger partial charge in [0.2, 0.25) is 11.7 Å². The molecule has 26 heavy (non-hydrogen) atoms. The molecule has 0 aliphatic rings. The van der Waals surface area contributed by atoms with Crippen molar-refractivity contribution in [3.8, 4) is 11.4 Å². The van der Waals surface area contributed by atoms with Crippen molar-refractivity contribution >= 4 is 9.84 Å². The van der Waals surface area contributed by atoms with E-state index in [9.17, 15) is 17.2 Å². The van der Waals surface area contributed by atoms with E-state index in [1.165, 1.54) is 37.3 Å². The molecule has 0 fully saturated rings. The van der Waals surface area contributed by atoms with E-state index >= 15 is 0 Å². The van der Waals surface area contributed by atoms with Crippen LogP contribution >= 0.6 is 0 Å². The summed E-state index contributed by atoms with van der Waals surface area (Å²) in [6, 6.07) is 9.84. The summed E-state index contributed by atoms with van der Waals surface area (Å²) in [6.45, 7) is 3.05. The summed E-state index contributed by atoms with van der Waals surface area (Å²) >= 11 is 0. The summed E-state index contributed by atoms with van der Waals surface area (Å²) in [7, 11) is -3.70. The number of halogens is 2. The van der Waals surface area contributed by atoms with Crippen molar-refractivity contribution < 1.29 is 21.7 Å². The standard InChI is InChI=1S/C18H16F2N2O3S/c1-11-6-7-14(9-16(11)20)17-21-18(25-22-17)12(2)26(23,24)10-13-4-3-5-15(19)8-13/h3-9,12H,10H2,1-2H3. The normalized spacial score (nSPS) is 12.9. The molecule has 0 bridgehead atoms. The van der Waals surface area contributed by atoms with Gasteiger partial charge in [-0.3, -0.25) is 0 Å². The van der Waals surface area contributed by atoms with Gasteiger partial charge < -0.3 is 4.52 Å². The van der Waals surface area contributed by atoms with Gasteiger partial charge in [0.15, 0.2) is 9.84 Å². The number of hydrogen-bond donors (Lipinski definition) is 0. The second kappa shape index (κ2) is 6.95. The van der Waals surface area contributed by atoms with Crippen LogP contribution in [0.25, 0.3) is 11.4 Å². The molecule has 0 saturated carbocycles. The highest BCUT2D eigenvalue weighted by Crippen LogP contribution is 2.27. The highest BCUT2D eigenvalue weighted by atomic mass is 32.2. The van der Waals surface area contributed by atoms with E-state index in [1.54, 1.807) is 19.1 Å². The Morgan fingerprint density at radius 1 is 1.15 bits per heavy atom. The second-order valence-electron chi connectivity index (χ2n) is 6.00. The number of rotatable bonds is 5. The van der Waals surface area contributed by atoms with Crippen molar-refractivity contribution in [2.75, 3.05) is 0 Å². The van der Waals surface area contributed by atoms with Gasteiger partial charge in [-0.15, -0.1) is 0 Å². The number of aryl methyl sites for hydroxylation is 1. The van der Waals surface area contributed by atoms with Crippen LogP contribution in [0.5, 0.6) is 0 Å². The summed E-state index contributed by atoms with van der Waals surface area (Å²) in [5.74, 6) is -1.28. The Kier molecular flexibility index (Phi) is 4.86. The van der Waals surface area contributed by atoms with Crippen molar-refractivity contribution in [1.29, 1.82) is 0 Å². The maximum atomic E-state index is 13.7. The van der Waals surface area contributed by atoms with Gasteiger partial charge in [0.25, 0.3) is 0 Å². The van der Waals surface area contributed by atoms with Crippen LogP contribution in [0.4, 0.5) is 8.78 Å². The third kappa shape index (κ3) is 3.80. The van der Waals surface area contributed by atoms with Gasteiger partial charge in [0.1, 0.15) is 16.9 Å². The van der Waals surface area contributed by atoms with Crippen LogP contribution in [0.15, 0.2) is 47.0 Å². The van der Waals surface area contributed by atoms with Gasteiger partial charge in [0, 0.05) is 5.56 Å². The average molecular weight is 378 g/mol. The molecule has 0 N–H and O–H groups in total. The number of nitrogens with zero attached hydrogens (tertiary/aromatic N) is 2. The largest absolute Gasteiger partial charge is 0.338 e. The van der Waals surface area contributed by atoms with E-state index in [0.717, 1.165) is 0 Å². The molecule has 1 unspecified atom stereocenters. The highest BCUT2D eigenvalue weighted by Gasteiger charge is 2.28. The third-order valence-corrected chi connectivity index (χ3v) is 6.03. The predicted octanol–water partition coefficient (Wildman–Crippen LogP) is 4.00. The summed E-state index contributed by atoms with van der Waals surface area (Å²) in [4.78, 5) is 4.08. The van der Waals surface area contributed by atoms with Crippen LogP contribution in [0, 0.1) is 18.6 Å². The zero-order valence-corrected chi connectivity index (χ0v) is 14.9. The number of aromatic nitrogens is 2. The lowest BCUT2D eigenvalue weighted by molar-refractivity contribution is 0.377. The first-order valence-electron chi connectivity index (χ1n) is 7.82. The molecule has 0 aliphatic heterocycles. The molecule has 0 saturated heterocycles. The zero-order valence-electron chi connectivity index (χ0n) is 14.1. The van der Waals surface area contributed by atoms with Crippen LogP contribution in [-0.2, 0) is 15.6 Å². The quantitative estimate of drug-likeness (QED) is 0.671. The Balaban J connectivity index is 1.84. The van der Waals surface area contributed by atoms with E-state index in [4.69, 9.17) is 4.52 Å². The molecule has 0 radical (unpaired) electrons. The van der Waals surface area contributed by atoms with Crippen LogP contribution in [0.2, 0.25) is 0 Å². The average Bonchev–Trinajstić information content (AvgIpc) is 3.06. The Hall–Kier alpha value is -2.61. The first kappa shape index (κ1) is 18.2. The smallest absolute Gasteiger partial charge is 0.245 e. The van der Waals surface area contributed by atoms with Crippen LogP contribution in [-0.4, -0.2) is 18.6 Å². The minimum atomic E-state index is -3.70. The van der Waals surface area contributed by atoms with Crippen molar-refractivity contribution in [3.05, 3.63) is 71.1 Å². The fourth-order valence-corrected chi connectivity index (χ4v) is 3.68. The highest BCUT2D eigenvalue weighted by molar-refractivity contribution is 7.90. The van der Waals surface area contributed by atoms with Gasteiger partial charge in [-0.05, 0) is 43.2 Å². The van der Waals surface area contributed by atoms with E-state index in [-0.39, 0.29) is 17.5 Å². The topological polar surface area (TPSA) is 73.1 Å². The van der Waals surface area contributed by atoms with Crippen LogP contribution in [0.1, 0.15) is 29.2 Å². The van der Waals surface area contributed by atoms with Crippen LogP contribution < -0.4 is 0 Å². The summed E-state index contributed by atoms with van der Waals surface area (Å²) < 4.78 is 57.1. The molecule has 136 valence electrons. The fraction of sp³-hybridized carbons (Fsp3) is 0.222. The maximum Gasteiger partial charge on any atom is 0.245 e. The van der Waals surface area contributed by atoms with Gasteiger partial charge in [-0.1, -0.05) is 29.4 Å². The minimum Gasteiger partial charge on any atom is -0.338 e. The second-order valence-corrected chi connectivity index (χ2v) is 8.32. The lowest BCUT2D eigenvalue weighted by Crippen LogP contribution is -2.13. The van der Waals surface area contributed by atoms with Crippen molar-refractivity contribution in [2.45, 2.75) is 24.9 Å². The summed E-state index contributed by atoms with van der Waals surface area (Å²) in [5, 5.41) is 2.65. The monoisotopic (exact) mass is 378 g/mol. The van der Waals surface area contributed by atoms with E-state index in [1.807, 2.05) is 0 Å². The number of hydrogen-bond acceptors (Lipinski definition) is 5. The SMILES string of the molecule is Cc1ccc(-c2noc(C(C)S(=O)(=O)Cc3cccc(F)c3)n2)cc1F. The van der Waals surface area contributed by atoms with Crippen LogP contribution in [0.3, 0.4) is 0 Å². The molecule has 1 aromatic heterocycles. The Morgan fingerprint density at radius 2 is 1.92 bits per heavy atom. The predicted molar refractivity (Wildman–Crippen MR) is 91.9 cm³/mol. The summed E-state index contributed by atoms with van der Waals surface area (Å²) in [5.41, 5.74) is 1.19. The molecule has 3 aromatic rings. The van der Waals surface area contributed by atoms with E-state index in [2.05, 4.69) is 10.1 Å². The molecule has 3 rings (SSSR count). The molecule has 0 aliphatic carbocycles. The van der Waals surface area contributed by atoms with E-state index < -0.39 is 26.7 Å². The first-order valence-corrected chi connectivity index (χ1v) is 9.54. The zero-order chi connectivity index (χ0) is 18.9. The Labute approximate surface area is 149 Å². The lowest BCUT2D eigenvalue weighted by atomic mass is 10.1. The lowest BCUT2D eigenvalue weighted by Gasteiger charge is -2.09. The fourth-order valence-electron chi connectivity index (χ4n) is 2.39. The first-order chi connectivity index (χ1) is 12.3. The van der Waals surface area contributed by atoms with Gasteiger partial charge >= 0.3 is 0 Å².